The maximum atomic E-state index is 11.6. The second-order valence-electron chi connectivity index (χ2n) is 5.28. The van der Waals surface area contributed by atoms with Crippen LogP contribution in [0.2, 0.25) is 0 Å². The van der Waals surface area contributed by atoms with Gasteiger partial charge in [0, 0.05) is 39.9 Å². The lowest BCUT2D eigenvalue weighted by atomic mass is 10.1. The molecule has 6 heteroatoms. The van der Waals surface area contributed by atoms with E-state index in [4.69, 9.17) is 4.74 Å². The van der Waals surface area contributed by atoms with Crippen LogP contribution in [0.1, 0.15) is 18.1 Å². The number of hydrogen-bond acceptors (Lipinski definition) is 4. The maximum absolute atomic E-state index is 11.6. The van der Waals surface area contributed by atoms with Crippen molar-refractivity contribution in [2.24, 2.45) is 0 Å². The summed E-state index contributed by atoms with van der Waals surface area (Å²) in [5.74, 6) is 0. The first-order chi connectivity index (χ1) is 11.5. The zero-order chi connectivity index (χ0) is 17.5. The Kier molecular flexibility index (Phi) is 6.37. The van der Waals surface area contributed by atoms with E-state index in [1.807, 2.05) is 49.4 Å². The Hall–Kier alpha value is -2.34. The van der Waals surface area contributed by atoms with Crippen LogP contribution in [0.15, 0.2) is 47.4 Å². The van der Waals surface area contributed by atoms with Crippen LogP contribution >= 0.6 is 0 Å². The predicted octanol–water partition coefficient (Wildman–Crippen LogP) is 3.91. The Morgan fingerprint density at radius 3 is 2.42 bits per heavy atom. The van der Waals surface area contributed by atoms with Crippen LogP contribution in [0.3, 0.4) is 0 Å². The lowest BCUT2D eigenvalue weighted by molar-refractivity contribution is 0.168. The average molecular weight is 346 g/mol. The van der Waals surface area contributed by atoms with Crippen LogP contribution in [-0.4, -0.2) is 23.2 Å². The van der Waals surface area contributed by atoms with E-state index in [0.717, 1.165) is 27.4 Å². The molecule has 1 atom stereocenters. The SMILES string of the molecule is CCOC(=O)Nc1cccc(NCc2ccc([S@](C)=O)cc2)c1C. The molecule has 0 aromatic heterocycles. The van der Waals surface area contributed by atoms with Gasteiger partial charge < -0.3 is 10.1 Å². The number of carbonyl (C=O) groups is 1. The van der Waals surface area contributed by atoms with Crippen LogP contribution in [0.5, 0.6) is 0 Å². The quantitative estimate of drug-likeness (QED) is 0.832. The molecule has 128 valence electrons. The fourth-order valence-corrected chi connectivity index (χ4v) is 2.76. The second kappa shape index (κ2) is 8.49. The molecule has 0 saturated carbocycles. The molecule has 1 amide bonds. The predicted molar refractivity (Wildman–Crippen MR) is 97.9 cm³/mol. The van der Waals surface area contributed by atoms with E-state index < -0.39 is 16.9 Å². The minimum Gasteiger partial charge on any atom is -0.450 e. The molecule has 0 bridgehead atoms. The summed E-state index contributed by atoms with van der Waals surface area (Å²) in [5.41, 5.74) is 3.69. The summed E-state index contributed by atoms with van der Waals surface area (Å²) in [6.45, 7) is 4.68. The summed E-state index contributed by atoms with van der Waals surface area (Å²) in [5, 5.41) is 6.09. The van der Waals surface area contributed by atoms with E-state index in [1.165, 1.54) is 0 Å². The molecule has 0 saturated heterocycles. The Morgan fingerprint density at radius 1 is 1.12 bits per heavy atom. The lowest BCUT2D eigenvalue weighted by Crippen LogP contribution is -2.14. The minimum absolute atomic E-state index is 0.335. The molecule has 0 spiro atoms. The molecular formula is C18H22N2O3S. The summed E-state index contributed by atoms with van der Waals surface area (Å²) in [6.07, 6.45) is 1.21. The average Bonchev–Trinajstić information content (AvgIpc) is 2.56. The third-order valence-electron chi connectivity index (χ3n) is 3.58. The van der Waals surface area contributed by atoms with Gasteiger partial charge in [0.2, 0.25) is 0 Å². The summed E-state index contributed by atoms with van der Waals surface area (Å²) in [7, 11) is -0.964. The van der Waals surface area contributed by atoms with E-state index in [-0.39, 0.29) is 0 Å². The fraction of sp³-hybridized carbons (Fsp3) is 0.278. The van der Waals surface area contributed by atoms with Crippen molar-refractivity contribution in [2.75, 3.05) is 23.5 Å². The molecule has 0 aliphatic carbocycles. The molecule has 0 heterocycles. The zero-order valence-electron chi connectivity index (χ0n) is 14.1. The highest BCUT2D eigenvalue weighted by Crippen LogP contribution is 2.24. The summed E-state index contributed by atoms with van der Waals surface area (Å²) >= 11 is 0. The van der Waals surface area contributed by atoms with Gasteiger partial charge in [-0.25, -0.2) is 4.79 Å². The molecule has 0 radical (unpaired) electrons. The highest BCUT2D eigenvalue weighted by atomic mass is 32.2. The fourth-order valence-electron chi connectivity index (χ4n) is 2.24. The standard InChI is InChI=1S/C18H22N2O3S/c1-4-23-18(21)20-17-7-5-6-16(13(17)2)19-12-14-8-10-15(11-9-14)24(3)22/h5-11,19H,4,12H2,1-3H3,(H,20,21)/t24-/m0/s1. The van der Waals surface area contributed by atoms with Gasteiger partial charge in [0.25, 0.3) is 0 Å². The lowest BCUT2D eigenvalue weighted by Gasteiger charge is -2.14. The van der Waals surface area contributed by atoms with Crippen molar-refractivity contribution in [1.82, 2.24) is 0 Å². The monoisotopic (exact) mass is 346 g/mol. The molecule has 5 nitrogen and oxygen atoms in total. The van der Waals surface area contributed by atoms with Crippen LogP contribution in [0.25, 0.3) is 0 Å². The van der Waals surface area contributed by atoms with E-state index in [9.17, 15) is 9.00 Å². The van der Waals surface area contributed by atoms with Gasteiger partial charge in [-0.05, 0) is 49.2 Å². The van der Waals surface area contributed by atoms with Gasteiger partial charge >= 0.3 is 6.09 Å². The number of benzene rings is 2. The van der Waals surface area contributed by atoms with Gasteiger partial charge in [-0.15, -0.1) is 0 Å². The molecule has 2 N–H and O–H groups in total. The Morgan fingerprint density at radius 2 is 1.79 bits per heavy atom. The first-order valence-corrected chi connectivity index (χ1v) is 9.26. The van der Waals surface area contributed by atoms with Gasteiger partial charge in [-0.2, -0.15) is 0 Å². The summed E-state index contributed by atoms with van der Waals surface area (Å²) < 4.78 is 16.3. The van der Waals surface area contributed by atoms with E-state index in [1.54, 1.807) is 13.2 Å². The first kappa shape index (κ1) is 18.0. The molecule has 2 aromatic carbocycles. The topological polar surface area (TPSA) is 67.4 Å². The number of carbonyl (C=O) groups excluding carboxylic acids is 1. The van der Waals surface area contributed by atoms with Crippen molar-refractivity contribution >= 4 is 28.3 Å². The van der Waals surface area contributed by atoms with E-state index >= 15 is 0 Å². The van der Waals surface area contributed by atoms with Crippen molar-refractivity contribution in [3.63, 3.8) is 0 Å². The van der Waals surface area contributed by atoms with Crippen molar-refractivity contribution < 1.29 is 13.7 Å². The zero-order valence-corrected chi connectivity index (χ0v) is 14.9. The molecule has 0 aliphatic heterocycles. The van der Waals surface area contributed by atoms with Gasteiger partial charge in [0.05, 0.1) is 6.61 Å². The molecule has 0 aliphatic rings. The smallest absolute Gasteiger partial charge is 0.411 e. The third-order valence-corrected chi connectivity index (χ3v) is 4.52. The Labute approximate surface area is 144 Å². The number of ether oxygens (including phenoxy) is 1. The molecule has 2 rings (SSSR count). The normalized spacial score (nSPS) is 11.6. The summed E-state index contributed by atoms with van der Waals surface area (Å²) in [4.78, 5) is 12.4. The summed E-state index contributed by atoms with van der Waals surface area (Å²) in [6, 6.07) is 13.3. The van der Waals surface area contributed by atoms with Gasteiger partial charge in [0.15, 0.2) is 0 Å². The molecule has 0 unspecified atom stereocenters. The first-order valence-electron chi connectivity index (χ1n) is 7.71. The minimum atomic E-state index is -0.964. The van der Waals surface area contributed by atoms with Crippen molar-refractivity contribution in [3.05, 3.63) is 53.6 Å². The number of anilines is 2. The number of rotatable bonds is 6. The van der Waals surface area contributed by atoms with Crippen LogP contribution in [-0.2, 0) is 22.1 Å². The van der Waals surface area contributed by atoms with Gasteiger partial charge in [0.1, 0.15) is 0 Å². The molecule has 24 heavy (non-hydrogen) atoms. The number of nitrogens with one attached hydrogen (secondary N) is 2. The van der Waals surface area contributed by atoms with E-state index in [0.29, 0.717) is 13.2 Å². The van der Waals surface area contributed by atoms with Crippen LogP contribution in [0.4, 0.5) is 16.2 Å². The molecular weight excluding hydrogens is 324 g/mol. The largest absolute Gasteiger partial charge is 0.450 e. The van der Waals surface area contributed by atoms with Crippen LogP contribution in [0, 0.1) is 6.92 Å². The highest BCUT2D eigenvalue weighted by molar-refractivity contribution is 7.84. The Balaban J connectivity index is 2.04. The number of amides is 1. The number of hydrogen-bond donors (Lipinski definition) is 2. The van der Waals surface area contributed by atoms with E-state index in [2.05, 4.69) is 10.6 Å². The van der Waals surface area contributed by atoms with Crippen molar-refractivity contribution in [2.45, 2.75) is 25.3 Å². The second-order valence-corrected chi connectivity index (χ2v) is 6.65. The molecule has 0 fully saturated rings. The molecule has 2 aromatic rings. The highest BCUT2D eigenvalue weighted by Gasteiger charge is 2.08. The van der Waals surface area contributed by atoms with Crippen molar-refractivity contribution in [3.8, 4) is 0 Å². The Bertz CT molecular complexity index is 730. The third kappa shape index (κ3) is 4.83. The van der Waals surface area contributed by atoms with Gasteiger partial charge in [-0.3, -0.25) is 9.53 Å². The van der Waals surface area contributed by atoms with Gasteiger partial charge in [-0.1, -0.05) is 18.2 Å². The maximum Gasteiger partial charge on any atom is 0.411 e. The van der Waals surface area contributed by atoms with Crippen molar-refractivity contribution in [1.29, 1.82) is 0 Å². The van der Waals surface area contributed by atoms with Crippen LogP contribution < -0.4 is 10.6 Å².